The normalized spacial score (nSPS) is 16.4. The van der Waals surface area contributed by atoms with E-state index < -0.39 is 8.07 Å². The van der Waals surface area contributed by atoms with Crippen LogP contribution >= 0.6 is 0 Å². The van der Waals surface area contributed by atoms with Crippen LogP contribution in [0.3, 0.4) is 0 Å². The number of methoxy groups -OCH3 is 3. The molecular formula is C38H64N4O5Si. The van der Waals surface area contributed by atoms with Gasteiger partial charge in [-0.1, -0.05) is 43.9 Å². The number of esters is 2. The maximum absolute atomic E-state index is 12.1. The third-order valence-electron chi connectivity index (χ3n) is 8.15. The van der Waals surface area contributed by atoms with E-state index in [1.54, 1.807) is 13.2 Å². The van der Waals surface area contributed by atoms with E-state index in [0.29, 0.717) is 12.1 Å². The third-order valence-corrected chi connectivity index (χ3v) is 9.50. The Kier molecular flexibility index (Phi) is 18.8. The van der Waals surface area contributed by atoms with Crippen molar-refractivity contribution in [3.63, 3.8) is 0 Å². The van der Waals surface area contributed by atoms with Gasteiger partial charge in [0.15, 0.2) is 0 Å². The zero-order valence-corrected chi connectivity index (χ0v) is 33.2. The first-order chi connectivity index (χ1) is 22.4. The van der Waals surface area contributed by atoms with Gasteiger partial charge in [-0.3, -0.25) is 14.6 Å². The summed E-state index contributed by atoms with van der Waals surface area (Å²) in [5.41, 5.74) is 4.50. The number of nitrogens with zero attached hydrogens (tertiary/aromatic N) is 4. The van der Waals surface area contributed by atoms with Gasteiger partial charge in [0.25, 0.3) is 0 Å². The Hall–Kier alpha value is -3.18. The van der Waals surface area contributed by atoms with Crippen LogP contribution in [0.25, 0.3) is 6.08 Å². The average molecular weight is 685 g/mol. The molecule has 0 bridgehead atoms. The highest BCUT2D eigenvalue weighted by Gasteiger charge is 2.39. The second-order valence-electron chi connectivity index (χ2n) is 14.4. The molecule has 10 heteroatoms. The van der Waals surface area contributed by atoms with Crippen LogP contribution in [0.5, 0.6) is 0 Å². The minimum Gasteiger partial charge on any atom is -0.469 e. The van der Waals surface area contributed by atoms with E-state index in [1.165, 1.54) is 37.7 Å². The molecule has 0 unspecified atom stereocenters. The van der Waals surface area contributed by atoms with Gasteiger partial charge in [0.05, 0.1) is 34.9 Å². The number of carbonyl (C=O) groups excluding carboxylic acids is 2. The molecule has 1 heterocycles. The third kappa shape index (κ3) is 15.4. The molecule has 0 aromatic heterocycles. The number of hydrogen-bond donors (Lipinski definition) is 0. The predicted octanol–water partition coefficient (Wildman–Crippen LogP) is 6.47. The van der Waals surface area contributed by atoms with Crippen molar-refractivity contribution in [2.24, 2.45) is 5.92 Å². The molecule has 9 nitrogen and oxygen atoms in total. The quantitative estimate of drug-likeness (QED) is 0.108. The molecule has 3 rings (SSSR count). The maximum atomic E-state index is 12.1. The molecule has 0 aliphatic carbocycles. The molecule has 0 spiro atoms. The fourth-order valence-electron chi connectivity index (χ4n) is 5.27. The molecule has 1 fully saturated rings. The summed E-state index contributed by atoms with van der Waals surface area (Å²) >= 11 is 0. The summed E-state index contributed by atoms with van der Waals surface area (Å²) in [5, 5.41) is 0. The van der Waals surface area contributed by atoms with Crippen molar-refractivity contribution in [3.05, 3.63) is 65.7 Å². The second-order valence-corrected chi connectivity index (χ2v) is 19.9. The zero-order chi connectivity index (χ0) is 36.6. The highest BCUT2D eigenvalue weighted by Crippen LogP contribution is 2.35. The number of benzene rings is 2. The van der Waals surface area contributed by atoms with Crippen molar-refractivity contribution >= 4 is 37.5 Å². The molecule has 0 N–H and O–H groups in total. The Morgan fingerprint density at radius 2 is 1.35 bits per heavy atom. The molecule has 0 saturated carbocycles. The van der Waals surface area contributed by atoms with E-state index in [-0.39, 0.29) is 23.8 Å². The monoisotopic (exact) mass is 684 g/mol. The number of rotatable bonds is 12. The predicted molar refractivity (Wildman–Crippen MR) is 205 cm³/mol. The van der Waals surface area contributed by atoms with Crippen LogP contribution in [0.2, 0.25) is 19.6 Å². The van der Waals surface area contributed by atoms with Gasteiger partial charge in [-0.05, 0) is 75.3 Å². The lowest BCUT2D eigenvalue weighted by atomic mass is 9.89. The van der Waals surface area contributed by atoms with Gasteiger partial charge in [0.1, 0.15) is 0 Å². The molecule has 48 heavy (non-hydrogen) atoms. The first-order valence-electron chi connectivity index (χ1n) is 16.8. The topological polar surface area (TPSA) is 74.8 Å². The van der Waals surface area contributed by atoms with E-state index in [0.717, 1.165) is 31.1 Å². The number of hydrogen-bond acceptors (Lipinski definition) is 9. The van der Waals surface area contributed by atoms with Crippen LogP contribution in [0.4, 0.5) is 11.4 Å². The van der Waals surface area contributed by atoms with E-state index in [2.05, 4.69) is 91.0 Å². The number of ether oxygens (including phenoxy) is 3. The lowest BCUT2D eigenvalue weighted by Crippen LogP contribution is -2.44. The minimum absolute atomic E-state index is 0.0670. The minimum atomic E-state index is -0.974. The molecule has 1 aliphatic heterocycles. The largest absolute Gasteiger partial charge is 0.469 e. The molecule has 2 aromatic rings. The van der Waals surface area contributed by atoms with Crippen LogP contribution in [0, 0.1) is 5.92 Å². The summed E-state index contributed by atoms with van der Waals surface area (Å²) in [4.78, 5) is 31.8. The summed E-state index contributed by atoms with van der Waals surface area (Å²) < 4.78 is 14.7. The Balaban J connectivity index is 0.000000378. The van der Waals surface area contributed by atoms with Crippen molar-refractivity contribution in [2.75, 3.05) is 85.3 Å². The Morgan fingerprint density at radius 1 is 0.833 bits per heavy atom. The van der Waals surface area contributed by atoms with Gasteiger partial charge in [0, 0.05) is 83.8 Å². The van der Waals surface area contributed by atoms with Crippen LogP contribution in [-0.4, -0.2) is 117 Å². The lowest BCUT2D eigenvalue weighted by Gasteiger charge is -2.31. The molecule has 2 aromatic carbocycles. The van der Waals surface area contributed by atoms with Crippen LogP contribution in [-0.2, 0) is 23.8 Å². The smallest absolute Gasteiger partial charge is 0.330 e. The fourth-order valence-corrected chi connectivity index (χ4v) is 6.95. The first-order valence-corrected chi connectivity index (χ1v) is 20.5. The fraction of sp³-hybridized carbons (Fsp3) is 0.579. The van der Waals surface area contributed by atoms with Crippen molar-refractivity contribution in [1.82, 2.24) is 9.80 Å². The van der Waals surface area contributed by atoms with Gasteiger partial charge in [-0.15, -0.1) is 0 Å². The van der Waals surface area contributed by atoms with Gasteiger partial charge in [-0.25, -0.2) is 4.79 Å². The molecular weight excluding hydrogens is 621 g/mol. The van der Waals surface area contributed by atoms with Gasteiger partial charge in [0.2, 0.25) is 0 Å². The van der Waals surface area contributed by atoms with E-state index in [4.69, 9.17) is 9.47 Å². The van der Waals surface area contributed by atoms with E-state index in [9.17, 15) is 9.59 Å². The van der Waals surface area contributed by atoms with Crippen molar-refractivity contribution in [2.45, 2.75) is 65.3 Å². The zero-order valence-electron chi connectivity index (χ0n) is 32.2. The van der Waals surface area contributed by atoms with E-state index in [1.807, 2.05) is 57.4 Å². The molecule has 0 amide bonds. The van der Waals surface area contributed by atoms with Gasteiger partial charge in [-0.2, -0.15) is 0 Å². The molecule has 2 atom stereocenters. The Morgan fingerprint density at radius 3 is 1.75 bits per heavy atom. The molecule has 0 radical (unpaired) electrons. The second kappa shape index (κ2) is 21.0. The van der Waals surface area contributed by atoms with Crippen molar-refractivity contribution in [1.29, 1.82) is 0 Å². The lowest BCUT2D eigenvalue weighted by molar-refractivity contribution is -0.145. The number of anilines is 2. The summed E-state index contributed by atoms with van der Waals surface area (Å²) in [5.74, 6) is -0.287. The summed E-state index contributed by atoms with van der Waals surface area (Å²) in [6.45, 7) is 18.4. The van der Waals surface area contributed by atoms with Crippen molar-refractivity contribution < 1.29 is 23.8 Å². The summed E-state index contributed by atoms with van der Waals surface area (Å²) in [6.07, 6.45) is 4.36. The molecule has 1 saturated heterocycles. The highest BCUT2D eigenvalue weighted by molar-refractivity contribution is 6.76. The van der Waals surface area contributed by atoms with Crippen LogP contribution in [0.15, 0.2) is 54.6 Å². The Labute approximate surface area is 292 Å². The van der Waals surface area contributed by atoms with Gasteiger partial charge < -0.3 is 24.0 Å². The standard InChI is InChI=1S/C17H26N2O2.C12H15NO2.C9H23NOSi/c1-12(2)19-10-15(16(11-19)17(20)21-5)13-6-8-14(9-7-13)18(3)4;1-13(2)11-7-4-10(5-8-11)6-9-12(14)15-3;1-9(2)10(7-11-3)8-12(4,5)6/h6-9,12,15-16H,10-11H2,1-5H3;4-9H,1-3H3;9H,7-8H2,1-6H3/b;9-6+;/t15-,16+;;/m1../s1. The Bertz CT molecular complexity index is 1240. The van der Waals surface area contributed by atoms with Gasteiger partial charge >= 0.3 is 11.9 Å². The molecule has 270 valence electrons. The first kappa shape index (κ1) is 42.8. The van der Waals surface area contributed by atoms with Crippen molar-refractivity contribution in [3.8, 4) is 0 Å². The van der Waals surface area contributed by atoms with Crippen LogP contribution < -0.4 is 9.80 Å². The summed E-state index contributed by atoms with van der Waals surface area (Å²) in [7, 11) is 11.7. The SMILES string of the molecule is COC(=O)/C=C/c1ccc(N(C)C)cc1.COC(=O)[C@H]1CN(C(C)C)C[C@@H]1c1ccc(N(C)C)cc1.COCN(C[Si](C)(C)C)C(C)C. The highest BCUT2D eigenvalue weighted by atomic mass is 28.3. The maximum Gasteiger partial charge on any atom is 0.330 e. The molecule has 1 aliphatic rings. The van der Waals surface area contributed by atoms with Crippen LogP contribution in [0.1, 0.15) is 44.7 Å². The number of carbonyl (C=O) groups is 2. The summed E-state index contributed by atoms with van der Waals surface area (Å²) in [6, 6.07) is 17.4. The number of likely N-dealkylation sites (tertiary alicyclic amines) is 1. The van der Waals surface area contributed by atoms with E-state index >= 15 is 0 Å². The average Bonchev–Trinajstić information content (AvgIpc) is 3.49.